The molecule has 4 heterocycles. The molecule has 5 rings (SSSR count). The highest BCUT2D eigenvalue weighted by molar-refractivity contribution is 7.80. The number of hydrogen-bond acceptors (Lipinski definition) is 9. The van der Waals surface area contributed by atoms with Crippen LogP contribution in [0.15, 0.2) is 46.0 Å². The number of nitrogens with zero attached hydrogens (tertiary/aromatic N) is 5. The molecule has 3 aliphatic rings. The Bertz CT molecular complexity index is 1460. The van der Waals surface area contributed by atoms with Crippen molar-refractivity contribution < 1.29 is 23.8 Å². The summed E-state index contributed by atoms with van der Waals surface area (Å²) in [6, 6.07) is 4.23. The van der Waals surface area contributed by atoms with Crippen LogP contribution >= 0.6 is 23.6 Å². The number of thiocarbonyl (C=S) groups is 1. The fraction of sp³-hybridized carbons (Fsp3) is 0.500. The van der Waals surface area contributed by atoms with Crippen LogP contribution in [0, 0.1) is 18.2 Å². The van der Waals surface area contributed by atoms with Gasteiger partial charge in [-0.25, -0.2) is 14.2 Å². The van der Waals surface area contributed by atoms with Crippen LogP contribution in [0.1, 0.15) is 49.4 Å². The first-order valence-electron chi connectivity index (χ1n) is 14.4. The minimum absolute atomic E-state index is 0.161. The van der Waals surface area contributed by atoms with Crippen molar-refractivity contribution in [3.05, 3.63) is 63.0 Å². The lowest BCUT2D eigenvalue weighted by Gasteiger charge is -2.50. The Morgan fingerprint density at radius 1 is 1.28 bits per heavy atom. The molecule has 43 heavy (non-hydrogen) atoms. The third-order valence-electron chi connectivity index (χ3n) is 8.22. The third-order valence-corrected chi connectivity index (χ3v) is 9.50. The van der Waals surface area contributed by atoms with Crippen molar-refractivity contribution >= 4 is 46.4 Å². The number of carboxylic acid groups (broad SMARTS) is 1. The molecule has 2 unspecified atom stereocenters. The molecule has 0 aliphatic carbocycles. The zero-order valence-corrected chi connectivity index (χ0v) is 26.4. The van der Waals surface area contributed by atoms with Crippen molar-refractivity contribution in [2.45, 2.75) is 46.2 Å². The lowest BCUT2D eigenvalue weighted by atomic mass is 9.91. The van der Waals surface area contributed by atoms with E-state index in [1.54, 1.807) is 46.0 Å². The summed E-state index contributed by atoms with van der Waals surface area (Å²) < 4.78 is 20.2. The predicted molar refractivity (Wildman–Crippen MR) is 166 cm³/mol. The first kappa shape index (κ1) is 31.0. The monoisotopic (exact) mass is 628 g/mol. The summed E-state index contributed by atoms with van der Waals surface area (Å²) in [5.41, 5.74) is 1.14. The van der Waals surface area contributed by atoms with E-state index < -0.39 is 23.4 Å². The summed E-state index contributed by atoms with van der Waals surface area (Å²) in [6.45, 7) is 10.6. The average Bonchev–Trinajstić information content (AvgIpc) is 3.51. The molecule has 13 heteroatoms. The van der Waals surface area contributed by atoms with Gasteiger partial charge in [-0.05, 0) is 63.5 Å². The van der Waals surface area contributed by atoms with Crippen LogP contribution in [0.3, 0.4) is 0 Å². The number of esters is 1. The van der Waals surface area contributed by atoms with Crippen molar-refractivity contribution in [3.8, 4) is 0 Å². The summed E-state index contributed by atoms with van der Waals surface area (Å²) in [7, 11) is 0. The van der Waals surface area contributed by atoms with Crippen LogP contribution in [0.5, 0.6) is 0 Å². The number of aromatic nitrogens is 1. The van der Waals surface area contributed by atoms with E-state index in [0.29, 0.717) is 77.6 Å². The first-order chi connectivity index (χ1) is 20.5. The predicted octanol–water partition coefficient (Wildman–Crippen LogP) is 3.59. The second-order valence-electron chi connectivity index (χ2n) is 11.7. The van der Waals surface area contributed by atoms with E-state index in [1.165, 1.54) is 17.4 Å². The molecule has 2 saturated heterocycles. The number of carbonyl (C=O) groups is 2. The number of carboxylic acids is 1. The van der Waals surface area contributed by atoms with Crippen LogP contribution in [0.4, 0.5) is 4.39 Å². The highest BCUT2D eigenvalue weighted by Crippen LogP contribution is 2.36. The molecule has 0 amide bonds. The SMILES string of the molecule is CCOC(=O)C1=C(CN2CCN3C(=S)N(CC(C)(C)C(=O)O)CCC3C2)NC(c2nccs2)=NC1c1cccc(F)c1C. The molecule has 2 N–H and O–H groups in total. The molecule has 0 bridgehead atoms. The van der Waals surface area contributed by atoms with Gasteiger partial charge in [-0.15, -0.1) is 11.3 Å². The average molecular weight is 629 g/mol. The number of fused-ring (bicyclic) bond motifs is 1. The van der Waals surface area contributed by atoms with E-state index in [9.17, 15) is 19.1 Å². The number of hydrogen-bond donors (Lipinski definition) is 2. The molecule has 2 aromatic rings. The number of amidine groups is 1. The number of nitrogens with one attached hydrogen (secondary N) is 1. The summed E-state index contributed by atoms with van der Waals surface area (Å²) >= 11 is 7.25. The molecular weight excluding hydrogens is 592 g/mol. The van der Waals surface area contributed by atoms with Crippen molar-refractivity contribution in [2.24, 2.45) is 10.4 Å². The van der Waals surface area contributed by atoms with E-state index in [1.807, 2.05) is 10.3 Å². The van der Waals surface area contributed by atoms with Gasteiger partial charge in [-0.3, -0.25) is 14.7 Å². The largest absolute Gasteiger partial charge is 0.481 e. The summed E-state index contributed by atoms with van der Waals surface area (Å²) in [5, 5.41) is 16.2. The van der Waals surface area contributed by atoms with E-state index >= 15 is 0 Å². The van der Waals surface area contributed by atoms with Gasteiger partial charge >= 0.3 is 11.9 Å². The zero-order chi connectivity index (χ0) is 30.9. The van der Waals surface area contributed by atoms with E-state index in [-0.39, 0.29) is 18.5 Å². The van der Waals surface area contributed by atoms with Crippen molar-refractivity contribution in [1.82, 2.24) is 25.0 Å². The number of thiazole rings is 1. The van der Waals surface area contributed by atoms with Crippen LogP contribution < -0.4 is 5.32 Å². The summed E-state index contributed by atoms with van der Waals surface area (Å²) in [4.78, 5) is 41.0. The normalized spacial score (nSPS) is 21.3. The number of piperazine rings is 1. The van der Waals surface area contributed by atoms with Crippen molar-refractivity contribution in [3.63, 3.8) is 0 Å². The van der Waals surface area contributed by atoms with Crippen molar-refractivity contribution in [2.75, 3.05) is 45.9 Å². The minimum atomic E-state index is -0.908. The molecule has 0 saturated carbocycles. The molecule has 1 aromatic heterocycles. The van der Waals surface area contributed by atoms with Crippen molar-refractivity contribution in [1.29, 1.82) is 0 Å². The highest BCUT2D eigenvalue weighted by Gasteiger charge is 2.40. The molecular formula is C30H37FN6O4S2. The van der Waals surface area contributed by atoms with Crippen LogP contribution in [-0.2, 0) is 14.3 Å². The lowest BCUT2D eigenvalue weighted by molar-refractivity contribution is -0.147. The van der Waals surface area contributed by atoms with Gasteiger partial charge in [0, 0.05) is 62.6 Å². The Morgan fingerprint density at radius 3 is 2.77 bits per heavy atom. The third kappa shape index (κ3) is 6.43. The van der Waals surface area contributed by atoms with Gasteiger partial charge in [0.05, 0.1) is 17.6 Å². The zero-order valence-electron chi connectivity index (χ0n) is 24.8. The number of aliphatic carboxylic acids is 1. The van der Waals surface area contributed by atoms with Gasteiger partial charge in [-0.1, -0.05) is 12.1 Å². The summed E-state index contributed by atoms with van der Waals surface area (Å²) in [5.74, 6) is -1.17. The Kier molecular flexibility index (Phi) is 9.14. The molecule has 2 atom stereocenters. The smallest absolute Gasteiger partial charge is 0.338 e. The number of halogens is 1. The Balaban J connectivity index is 1.42. The van der Waals surface area contributed by atoms with Gasteiger partial charge in [0.25, 0.3) is 0 Å². The number of carbonyl (C=O) groups excluding carboxylic acids is 1. The molecule has 230 valence electrons. The minimum Gasteiger partial charge on any atom is -0.481 e. The van der Waals surface area contributed by atoms with Crippen LogP contribution in [-0.4, -0.2) is 99.6 Å². The number of ether oxygens (including phenoxy) is 1. The molecule has 0 spiro atoms. The van der Waals surface area contributed by atoms with Gasteiger partial charge in [0.2, 0.25) is 0 Å². The second kappa shape index (κ2) is 12.7. The maximum Gasteiger partial charge on any atom is 0.338 e. The summed E-state index contributed by atoms with van der Waals surface area (Å²) in [6.07, 6.45) is 2.53. The molecule has 1 aromatic carbocycles. The molecule has 10 nitrogen and oxygen atoms in total. The maximum absolute atomic E-state index is 14.7. The van der Waals surface area contributed by atoms with E-state index in [4.69, 9.17) is 21.9 Å². The number of aliphatic imine (C=N–C) groups is 1. The molecule has 0 radical (unpaired) electrons. The van der Waals surface area contributed by atoms with Gasteiger partial charge < -0.3 is 25.0 Å². The number of benzene rings is 1. The molecule has 3 aliphatic heterocycles. The van der Waals surface area contributed by atoms with Crippen LogP contribution in [0.25, 0.3) is 0 Å². The Morgan fingerprint density at radius 2 is 2.07 bits per heavy atom. The topological polar surface area (TPSA) is 111 Å². The fourth-order valence-electron chi connectivity index (χ4n) is 5.82. The van der Waals surface area contributed by atoms with Gasteiger partial charge in [0.15, 0.2) is 16.0 Å². The Labute approximate surface area is 260 Å². The van der Waals surface area contributed by atoms with Gasteiger partial charge in [-0.2, -0.15) is 0 Å². The Hall–Kier alpha value is -3.42. The lowest BCUT2D eigenvalue weighted by Crippen LogP contribution is -2.63. The number of rotatable bonds is 9. The quantitative estimate of drug-likeness (QED) is 0.316. The van der Waals surface area contributed by atoms with E-state index in [2.05, 4.69) is 20.1 Å². The second-order valence-corrected chi connectivity index (χ2v) is 12.9. The van der Waals surface area contributed by atoms with Gasteiger partial charge in [0.1, 0.15) is 11.9 Å². The van der Waals surface area contributed by atoms with E-state index in [0.717, 1.165) is 6.42 Å². The first-order valence-corrected chi connectivity index (χ1v) is 15.7. The standard InChI is InChI=1S/C30H37FN6O4S2/c1-5-41-27(38)23-22(33-25(26-32-10-14-43-26)34-24(23)20-7-6-8-21(31)18(20)2)16-35-12-13-37-19(15-35)9-11-36(29(37)42)17-30(3,4)28(39)40/h6-8,10,14,19,24H,5,9,11-13,15-17H2,1-4H3,(H,33,34)(H,39,40). The fourth-order valence-corrected chi connectivity index (χ4v) is 6.81. The highest BCUT2D eigenvalue weighted by atomic mass is 32.1. The molecule has 2 fully saturated rings. The van der Waals surface area contributed by atoms with Crippen LogP contribution in [0.2, 0.25) is 0 Å². The maximum atomic E-state index is 14.7.